The van der Waals surface area contributed by atoms with Crippen molar-refractivity contribution in [2.45, 2.75) is 6.18 Å². The summed E-state index contributed by atoms with van der Waals surface area (Å²) < 4.78 is 39.6. The minimum Gasteiger partial charge on any atom is -0.261 e. The summed E-state index contributed by atoms with van der Waals surface area (Å²) in [5, 5.41) is 10.5. The molecule has 6 nitrogen and oxygen atoms in total. The van der Waals surface area contributed by atoms with E-state index in [2.05, 4.69) is 4.98 Å². The highest BCUT2D eigenvalue weighted by Crippen LogP contribution is 2.33. The summed E-state index contributed by atoms with van der Waals surface area (Å²) in [6.07, 6.45) is -4.75. The van der Waals surface area contributed by atoms with Crippen LogP contribution in [-0.2, 0) is 6.18 Å². The first kappa shape index (κ1) is 16.9. The number of fused-ring (bicyclic) bond motifs is 1. The normalized spacial score (nSPS) is 11.7. The highest BCUT2D eigenvalue weighted by Gasteiger charge is 2.34. The molecule has 10 heteroatoms. The van der Waals surface area contributed by atoms with Crippen LogP contribution in [0.4, 0.5) is 18.9 Å². The quantitative estimate of drug-likeness (QED) is 0.506. The average molecular weight is 370 g/mol. The summed E-state index contributed by atoms with van der Waals surface area (Å²) in [7, 11) is 0. The lowest BCUT2D eigenvalue weighted by Crippen LogP contribution is -2.23. The fourth-order valence-corrected chi connectivity index (χ4v) is 2.64. The lowest BCUT2D eigenvalue weighted by molar-refractivity contribution is -0.386. The summed E-state index contributed by atoms with van der Waals surface area (Å²) in [6, 6.07) is 9.12. The van der Waals surface area contributed by atoms with Crippen LogP contribution in [0.5, 0.6) is 0 Å². The Balaban J connectivity index is 2.53. The van der Waals surface area contributed by atoms with E-state index >= 15 is 0 Å². The highest BCUT2D eigenvalue weighted by atomic mass is 35.5. The molecule has 0 radical (unpaired) electrons. The molecule has 0 saturated heterocycles. The molecule has 0 N–H and O–H groups in total. The fourth-order valence-electron chi connectivity index (χ4n) is 2.35. The Hall–Kier alpha value is -2.94. The number of para-hydroxylation sites is 1. The van der Waals surface area contributed by atoms with Crippen LogP contribution in [0, 0.1) is 10.1 Å². The monoisotopic (exact) mass is 369 g/mol. The predicted octanol–water partition coefficient (Wildman–Crippen LogP) is 3.97. The van der Waals surface area contributed by atoms with E-state index in [4.69, 9.17) is 11.6 Å². The topological polar surface area (TPSA) is 78.0 Å². The molecule has 0 fully saturated rings. The van der Waals surface area contributed by atoms with Gasteiger partial charge in [0.15, 0.2) is 0 Å². The lowest BCUT2D eigenvalue weighted by atomic mass is 10.2. The summed E-state index contributed by atoms with van der Waals surface area (Å²) in [4.78, 5) is 26.2. The number of halogens is 4. The second-order valence-electron chi connectivity index (χ2n) is 4.96. The maximum atomic E-state index is 13.0. The molecule has 0 amide bonds. The van der Waals surface area contributed by atoms with Crippen molar-refractivity contribution in [1.82, 2.24) is 9.55 Å². The standard InChI is InChI=1S/C15H7ClF3N3O3/c16-11-9-6-7-10(15(17,18)19)20-13(9)21(8-4-2-1-3-5-8)14(23)12(11)22(24)25/h1-7H. The maximum absolute atomic E-state index is 13.0. The number of nitrogens with zero attached hydrogens (tertiary/aromatic N) is 3. The predicted molar refractivity (Wildman–Crippen MR) is 84.0 cm³/mol. The number of pyridine rings is 2. The van der Waals surface area contributed by atoms with Gasteiger partial charge in [-0.05, 0) is 24.3 Å². The van der Waals surface area contributed by atoms with Gasteiger partial charge in [-0.3, -0.25) is 19.5 Å². The zero-order valence-electron chi connectivity index (χ0n) is 12.1. The number of rotatable bonds is 2. The van der Waals surface area contributed by atoms with Gasteiger partial charge in [-0.2, -0.15) is 13.2 Å². The van der Waals surface area contributed by atoms with Gasteiger partial charge in [-0.15, -0.1) is 0 Å². The Morgan fingerprint density at radius 1 is 1.12 bits per heavy atom. The van der Waals surface area contributed by atoms with Gasteiger partial charge in [0, 0.05) is 5.39 Å². The van der Waals surface area contributed by atoms with Gasteiger partial charge in [-0.1, -0.05) is 29.8 Å². The van der Waals surface area contributed by atoms with Crippen molar-refractivity contribution in [3.8, 4) is 5.69 Å². The molecule has 1 aromatic carbocycles. The first-order chi connectivity index (χ1) is 11.7. The van der Waals surface area contributed by atoms with Crippen molar-refractivity contribution in [3.63, 3.8) is 0 Å². The lowest BCUT2D eigenvalue weighted by Gasteiger charge is -2.13. The zero-order valence-corrected chi connectivity index (χ0v) is 12.9. The third kappa shape index (κ3) is 2.82. The molecule has 0 aliphatic carbocycles. The van der Waals surface area contributed by atoms with E-state index in [0.29, 0.717) is 6.07 Å². The van der Waals surface area contributed by atoms with Crippen LogP contribution >= 0.6 is 11.6 Å². The van der Waals surface area contributed by atoms with Crippen molar-refractivity contribution in [3.05, 3.63) is 73.6 Å². The molecule has 2 heterocycles. The van der Waals surface area contributed by atoms with E-state index < -0.39 is 38.7 Å². The Kier molecular flexibility index (Phi) is 3.96. The van der Waals surface area contributed by atoms with Crippen molar-refractivity contribution in [1.29, 1.82) is 0 Å². The van der Waals surface area contributed by atoms with Gasteiger partial charge < -0.3 is 0 Å². The first-order valence-corrected chi connectivity index (χ1v) is 7.12. The third-order valence-electron chi connectivity index (χ3n) is 3.42. The minimum absolute atomic E-state index is 0.129. The van der Waals surface area contributed by atoms with Crippen molar-refractivity contribution in [2.24, 2.45) is 0 Å². The Bertz CT molecular complexity index is 1050. The van der Waals surface area contributed by atoms with Crippen molar-refractivity contribution >= 4 is 28.3 Å². The zero-order chi connectivity index (χ0) is 18.4. The van der Waals surface area contributed by atoms with Crippen LogP contribution < -0.4 is 5.56 Å². The summed E-state index contributed by atoms with van der Waals surface area (Å²) in [6.45, 7) is 0. The molecule has 0 aliphatic rings. The summed E-state index contributed by atoms with van der Waals surface area (Å²) in [5.74, 6) is 0. The van der Waals surface area contributed by atoms with E-state index in [1.165, 1.54) is 24.3 Å². The number of hydrogen-bond acceptors (Lipinski definition) is 4. The molecule has 0 spiro atoms. The molecule has 0 unspecified atom stereocenters. The fraction of sp³-hybridized carbons (Fsp3) is 0.0667. The Morgan fingerprint density at radius 3 is 2.32 bits per heavy atom. The van der Waals surface area contributed by atoms with E-state index in [1.807, 2.05) is 0 Å². The largest absolute Gasteiger partial charge is 0.433 e. The molecule has 25 heavy (non-hydrogen) atoms. The van der Waals surface area contributed by atoms with Gasteiger partial charge >= 0.3 is 17.4 Å². The number of alkyl halides is 3. The van der Waals surface area contributed by atoms with Gasteiger partial charge in [0.2, 0.25) is 0 Å². The highest BCUT2D eigenvalue weighted by molar-refractivity contribution is 6.37. The van der Waals surface area contributed by atoms with Crippen LogP contribution in [0.1, 0.15) is 5.69 Å². The number of nitro groups is 1. The van der Waals surface area contributed by atoms with Crippen LogP contribution in [0.15, 0.2) is 47.3 Å². The molecule has 0 bridgehead atoms. The minimum atomic E-state index is -4.75. The SMILES string of the molecule is O=c1c([N+](=O)[O-])c(Cl)c2ccc(C(F)(F)F)nc2n1-c1ccccc1. The van der Waals surface area contributed by atoms with Gasteiger partial charge in [-0.25, -0.2) is 4.98 Å². The van der Waals surface area contributed by atoms with Crippen LogP contribution in [0.3, 0.4) is 0 Å². The number of hydrogen-bond donors (Lipinski definition) is 0. The van der Waals surface area contributed by atoms with Crippen molar-refractivity contribution < 1.29 is 18.1 Å². The van der Waals surface area contributed by atoms with Gasteiger partial charge in [0.25, 0.3) is 0 Å². The molecular weight excluding hydrogens is 363 g/mol. The Morgan fingerprint density at radius 2 is 1.76 bits per heavy atom. The van der Waals surface area contributed by atoms with Gasteiger partial charge in [0.1, 0.15) is 16.4 Å². The third-order valence-corrected chi connectivity index (χ3v) is 3.81. The smallest absolute Gasteiger partial charge is 0.261 e. The van der Waals surface area contributed by atoms with E-state index in [9.17, 15) is 28.1 Å². The molecular formula is C15H7ClF3N3O3. The first-order valence-electron chi connectivity index (χ1n) is 6.74. The van der Waals surface area contributed by atoms with Crippen LogP contribution in [-0.4, -0.2) is 14.5 Å². The van der Waals surface area contributed by atoms with Crippen molar-refractivity contribution in [2.75, 3.05) is 0 Å². The van der Waals surface area contributed by atoms with E-state index in [1.54, 1.807) is 6.07 Å². The maximum Gasteiger partial charge on any atom is 0.433 e. The molecule has 0 atom stereocenters. The summed E-state index contributed by atoms with van der Waals surface area (Å²) >= 11 is 5.89. The molecule has 128 valence electrons. The molecule has 0 aliphatic heterocycles. The average Bonchev–Trinajstić information content (AvgIpc) is 2.54. The summed E-state index contributed by atoms with van der Waals surface area (Å²) in [5.41, 5.74) is -3.63. The molecule has 0 saturated carbocycles. The second kappa shape index (κ2) is 5.85. The van der Waals surface area contributed by atoms with Gasteiger partial charge in [0.05, 0.1) is 10.6 Å². The molecule has 2 aromatic heterocycles. The van der Waals surface area contributed by atoms with Crippen LogP contribution in [0.25, 0.3) is 16.7 Å². The molecule has 3 aromatic rings. The number of aromatic nitrogens is 2. The van der Waals surface area contributed by atoms with E-state index in [-0.39, 0.29) is 11.1 Å². The van der Waals surface area contributed by atoms with Crippen LogP contribution in [0.2, 0.25) is 5.02 Å². The Labute approximate surface area is 142 Å². The van der Waals surface area contributed by atoms with E-state index in [0.717, 1.165) is 10.6 Å². The second-order valence-corrected chi connectivity index (χ2v) is 5.34. The molecule has 3 rings (SSSR count). The number of benzene rings is 1.